The molecule has 2 atom stereocenters. The first-order valence-electron chi connectivity index (χ1n) is 7.19. The average molecular weight is 280 g/mol. The van der Waals surface area contributed by atoms with Crippen LogP contribution in [0.15, 0.2) is 48.5 Å². The Morgan fingerprint density at radius 3 is 2.14 bits per heavy atom. The van der Waals surface area contributed by atoms with E-state index in [0.29, 0.717) is 5.56 Å². The number of phenols is 1. The number of phenolic OH excluding ortho intramolecular Hbond substituents is 1. The molecule has 2 N–H and O–H groups in total. The fourth-order valence-corrected chi connectivity index (χ4v) is 2.40. The van der Waals surface area contributed by atoms with Crippen molar-refractivity contribution in [1.29, 1.82) is 5.26 Å². The Morgan fingerprint density at radius 2 is 1.62 bits per heavy atom. The molecule has 0 aliphatic carbocycles. The van der Waals surface area contributed by atoms with E-state index in [4.69, 9.17) is 5.26 Å². The van der Waals surface area contributed by atoms with E-state index in [-0.39, 0.29) is 17.8 Å². The minimum absolute atomic E-state index is 0.191. The van der Waals surface area contributed by atoms with Crippen LogP contribution in [0.3, 0.4) is 0 Å². The zero-order valence-electron chi connectivity index (χ0n) is 12.4. The van der Waals surface area contributed by atoms with Crippen molar-refractivity contribution in [3.05, 3.63) is 65.2 Å². The Labute approximate surface area is 125 Å². The molecule has 2 rings (SSSR count). The van der Waals surface area contributed by atoms with Crippen molar-refractivity contribution in [2.24, 2.45) is 0 Å². The maximum absolute atomic E-state index is 9.37. The first kappa shape index (κ1) is 15.1. The fraction of sp³-hybridized carbons (Fsp3) is 0.278. The normalized spacial score (nSPS) is 13.4. The second-order valence-electron chi connectivity index (χ2n) is 5.17. The number of hydrogen-bond donors (Lipinski definition) is 2. The highest BCUT2D eigenvalue weighted by Crippen LogP contribution is 2.23. The summed E-state index contributed by atoms with van der Waals surface area (Å²) in [5, 5.41) is 21.8. The maximum atomic E-state index is 9.37. The molecule has 3 nitrogen and oxygen atoms in total. The van der Waals surface area contributed by atoms with Crippen LogP contribution in [0.25, 0.3) is 0 Å². The first-order chi connectivity index (χ1) is 10.1. The van der Waals surface area contributed by atoms with Gasteiger partial charge in [0.25, 0.3) is 0 Å². The Hall–Kier alpha value is -2.31. The van der Waals surface area contributed by atoms with Crippen molar-refractivity contribution in [1.82, 2.24) is 5.32 Å². The molecule has 0 aliphatic rings. The molecule has 0 heterocycles. The van der Waals surface area contributed by atoms with Gasteiger partial charge in [0, 0.05) is 12.1 Å². The summed E-state index contributed by atoms with van der Waals surface area (Å²) >= 11 is 0. The first-order valence-corrected chi connectivity index (χ1v) is 7.19. The predicted octanol–water partition coefficient (Wildman–Crippen LogP) is 4.07. The second kappa shape index (κ2) is 6.92. The number of aromatic hydroxyl groups is 1. The van der Waals surface area contributed by atoms with Crippen LogP contribution in [0.1, 0.15) is 49.0 Å². The van der Waals surface area contributed by atoms with Crippen LogP contribution < -0.4 is 5.32 Å². The summed E-state index contributed by atoms with van der Waals surface area (Å²) in [6.45, 7) is 4.25. The maximum Gasteiger partial charge on any atom is 0.115 e. The van der Waals surface area contributed by atoms with Gasteiger partial charge in [-0.05, 0) is 48.7 Å². The SMILES string of the molecule is CCC(NC(C)c1ccc(C#N)cc1)c1ccc(O)cc1. The van der Waals surface area contributed by atoms with E-state index in [1.54, 1.807) is 12.1 Å². The minimum atomic E-state index is 0.191. The Bertz CT molecular complexity index is 611. The highest BCUT2D eigenvalue weighted by atomic mass is 16.3. The highest BCUT2D eigenvalue weighted by Gasteiger charge is 2.13. The lowest BCUT2D eigenvalue weighted by Gasteiger charge is -2.23. The van der Waals surface area contributed by atoms with Gasteiger partial charge in [0.1, 0.15) is 5.75 Å². The van der Waals surface area contributed by atoms with Gasteiger partial charge in [-0.25, -0.2) is 0 Å². The van der Waals surface area contributed by atoms with Crippen LogP contribution in [0.5, 0.6) is 5.75 Å². The molecule has 0 saturated carbocycles. The van der Waals surface area contributed by atoms with Crippen LogP contribution in [0.4, 0.5) is 0 Å². The van der Waals surface area contributed by atoms with Crippen molar-refractivity contribution < 1.29 is 5.11 Å². The van der Waals surface area contributed by atoms with Gasteiger partial charge in [-0.2, -0.15) is 5.26 Å². The van der Waals surface area contributed by atoms with Gasteiger partial charge in [-0.3, -0.25) is 0 Å². The molecule has 0 spiro atoms. The van der Waals surface area contributed by atoms with Gasteiger partial charge in [0.05, 0.1) is 11.6 Å². The number of nitrogens with zero attached hydrogens (tertiary/aromatic N) is 1. The third kappa shape index (κ3) is 3.84. The monoisotopic (exact) mass is 280 g/mol. The van der Waals surface area contributed by atoms with Crippen molar-refractivity contribution in [3.8, 4) is 11.8 Å². The van der Waals surface area contributed by atoms with Gasteiger partial charge in [0.2, 0.25) is 0 Å². The molecular formula is C18H20N2O. The molecule has 0 aromatic heterocycles. The molecule has 21 heavy (non-hydrogen) atoms. The lowest BCUT2D eigenvalue weighted by molar-refractivity contribution is 0.453. The molecular weight excluding hydrogens is 260 g/mol. The largest absolute Gasteiger partial charge is 0.508 e. The summed E-state index contributed by atoms with van der Waals surface area (Å²) in [6.07, 6.45) is 0.964. The Balaban J connectivity index is 2.10. The van der Waals surface area contributed by atoms with Gasteiger partial charge in [-0.15, -0.1) is 0 Å². The number of nitrogens with one attached hydrogen (secondary N) is 1. The Kier molecular flexibility index (Phi) is 4.97. The molecule has 0 aliphatic heterocycles. The number of hydrogen-bond acceptors (Lipinski definition) is 3. The summed E-state index contributed by atoms with van der Waals surface area (Å²) in [7, 11) is 0. The van der Waals surface area contributed by atoms with E-state index in [1.165, 1.54) is 0 Å². The van der Waals surface area contributed by atoms with Crippen LogP contribution in [-0.4, -0.2) is 5.11 Å². The van der Waals surface area contributed by atoms with E-state index in [0.717, 1.165) is 17.5 Å². The summed E-state index contributed by atoms with van der Waals surface area (Å²) in [5.41, 5.74) is 3.00. The molecule has 0 bridgehead atoms. The molecule has 108 valence electrons. The molecule has 2 unspecified atom stereocenters. The number of rotatable bonds is 5. The van der Waals surface area contributed by atoms with E-state index in [2.05, 4.69) is 25.2 Å². The van der Waals surface area contributed by atoms with Crippen LogP contribution in [0, 0.1) is 11.3 Å². The fourth-order valence-electron chi connectivity index (χ4n) is 2.40. The highest BCUT2D eigenvalue weighted by molar-refractivity contribution is 5.33. The predicted molar refractivity (Wildman–Crippen MR) is 83.8 cm³/mol. The molecule has 2 aromatic carbocycles. The van der Waals surface area contributed by atoms with E-state index in [9.17, 15) is 5.11 Å². The molecule has 2 aromatic rings. The van der Waals surface area contributed by atoms with Crippen molar-refractivity contribution in [2.75, 3.05) is 0 Å². The van der Waals surface area contributed by atoms with Gasteiger partial charge < -0.3 is 10.4 Å². The average Bonchev–Trinajstić information content (AvgIpc) is 2.53. The zero-order chi connectivity index (χ0) is 15.2. The third-order valence-electron chi connectivity index (χ3n) is 3.69. The van der Waals surface area contributed by atoms with Crippen LogP contribution in [-0.2, 0) is 0 Å². The lowest BCUT2D eigenvalue weighted by Crippen LogP contribution is -2.24. The third-order valence-corrected chi connectivity index (χ3v) is 3.69. The van der Waals surface area contributed by atoms with Gasteiger partial charge in [-0.1, -0.05) is 31.2 Å². The van der Waals surface area contributed by atoms with Crippen LogP contribution >= 0.6 is 0 Å². The lowest BCUT2D eigenvalue weighted by atomic mass is 10.0. The topological polar surface area (TPSA) is 56.0 Å². The summed E-state index contributed by atoms with van der Waals surface area (Å²) < 4.78 is 0. The smallest absolute Gasteiger partial charge is 0.115 e. The van der Waals surface area contributed by atoms with Gasteiger partial charge in [0.15, 0.2) is 0 Å². The van der Waals surface area contributed by atoms with Crippen molar-refractivity contribution >= 4 is 0 Å². The van der Waals surface area contributed by atoms with E-state index in [1.807, 2.05) is 36.4 Å². The van der Waals surface area contributed by atoms with Crippen molar-refractivity contribution in [2.45, 2.75) is 32.4 Å². The number of benzene rings is 2. The minimum Gasteiger partial charge on any atom is -0.508 e. The molecule has 0 radical (unpaired) electrons. The number of nitriles is 1. The van der Waals surface area contributed by atoms with Crippen molar-refractivity contribution in [3.63, 3.8) is 0 Å². The Morgan fingerprint density at radius 1 is 1.05 bits per heavy atom. The van der Waals surface area contributed by atoms with Crippen LogP contribution in [0.2, 0.25) is 0 Å². The second-order valence-corrected chi connectivity index (χ2v) is 5.17. The molecule has 0 fully saturated rings. The molecule has 0 amide bonds. The zero-order valence-corrected chi connectivity index (χ0v) is 12.4. The van der Waals surface area contributed by atoms with Gasteiger partial charge >= 0.3 is 0 Å². The summed E-state index contributed by atoms with van der Waals surface area (Å²) in [4.78, 5) is 0. The van der Waals surface area contributed by atoms with E-state index < -0.39 is 0 Å². The van der Waals surface area contributed by atoms with E-state index >= 15 is 0 Å². The molecule has 0 saturated heterocycles. The quantitative estimate of drug-likeness (QED) is 0.868. The standard InChI is InChI=1S/C18H20N2O/c1-3-18(16-8-10-17(21)11-9-16)20-13(2)15-6-4-14(12-19)5-7-15/h4-11,13,18,20-21H,3H2,1-2H3. The summed E-state index contributed by atoms with van der Waals surface area (Å²) in [6, 6.07) is 17.5. The summed E-state index contributed by atoms with van der Waals surface area (Å²) in [5.74, 6) is 0.286. The molecule has 3 heteroatoms.